The van der Waals surface area contributed by atoms with Crippen LogP contribution < -0.4 is 4.90 Å². The lowest BCUT2D eigenvalue weighted by Gasteiger charge is -2.12. The van der Waals surface area contributed by atoms with Crippen molar-refractivity contribution in [3.8, 4) is 0 Å². The molecule has 104 valence electrons. The second-order valence-electron chi connectivity index (χ2n) is 4.82. The molecule has 0 radical (unpaired) electrons. The predicted molar refractivity (Wildman–Crippen MR) is 75.3 cm³/mol. The summed E-state index contributed by atoms with van der Waals surface area (Å²) < 4.78 is 27.6. The summed E-state index contributed by atoms with van der Waals surface area (Å²) in [5, 5.41) is 0. The molecule has 0 N–H and O–H groups in total. The molecule has 0 saturated carbocycles. The second-order valence-corrected chi connectivity index (χ2v) is 4.82. The van der Waals surface area contributed by atoms with Gasteiger partial charge in [0.05, 0.1) is 5.56 Å². The van der Waals surface area contributed by atoms with Crippen molar-refractivity contribution in [3.05, 3.63) is 64.7 Å². The van der Waals surface area contributed by atoms with Crippen molar-refractivity contribution in [2.24, 2.45) is 0 Å². The molecule has 0 aromatic heterocycles. The molecular formula is C16H15F2NO. The average molecular weight is 275 g/mol. The van der Waals surface area contributed by atoms with E-state index < -0.39 is 23.0 Å². The topological polar surface area (TPSA) is 20.3 Å². The fourth-order valence-corrected chi connectivity index (χ4v) is 1.92. The number of rotatable bonds is 3. The summed E-state index contributed by atoms with van der Waals surface area (Å²) in [4.78, 5) is 14.1. The minimum Gasteiger partial charge on any atom is -0.378 e. The normalized spacial score (nSPS) is 10.4. The maximum atomic E-state index is 13.9. The van der Waals surface area contributed by atoms with E-state index in [-0.39, 0.29) is 11.1 Å². The number of aryl methyl sites for hydroxylation is 1. The van der Waals surface area contributed by atoms with Crippen LogP contribution in [0.4, 0.5) is 14.5 Å². The molecule has 0 unspecified atom stereocenters. The molecule has 2 rings (SSSR count). The molecule has 20 heavy (non-hydrogen) atoms. The highest BCUT2D eigenvalue weighted by atomic mass is 19.1. The van der Waals surface area contributed by atoms with Crippen LogP contribution in [-0.4, -0.2) is 19.9 Å². The number of halogens is 2. The average Bonchev–Trinajstić information content (AvgIpc) is 2.43. The summed E-state index contributed by atoms with van der Waals surface area (Å²) in [6.07, 6.45) is 0. The van der Waals surface area contributed by atoms with E-state index in [1.165, 1.54) is 13.0 Å². The third-order valence-corrected chi connectivity index (χ3v) is 3.16. The summed E-state index contributed by atoms with van der Waals surface area (Å²) in [6, 6.07) is 9.03. The molecule has 0 aliphatic carbocycles. The highest BCUT2D eigenvalue weighted by Crippen LogP contribution is 2.21. The molecule has 0 aliphatic rings. The monoisotopic (exact) mass is 275 g/mol. The van der Waals surface area contributed by atoms with Crippen LogP contribution in [0.3, 0.4) is 0 Å². The lowest BCUT2D eigenvalue weighted by atomic mass is 10.00. The Morgan fingerprint density at radius 3 is 2.15 bits per heavy atom. The van der Waals surface area contributed by atoms with Gasteiger partial charge >= 0.3 is 0 Å². The molecule has 2 aromatic rings. The lowest BCUT2D eigenvalue weighted by Crippen LogP contribution is -2.11. The number of nitrogens with zero attached hydrogens (tertiary/aromatic N) is 1. The third-order valence-electron chi connectivity index (χ3n) is 3.16. The van der Waals surface area contributed by atoms with Gasteiger partial charge in [-0.15, -0.1) is 0 Å². The van der Waals surface area contributed by atoms with Crippen molar-refractivity contribution in [1.29, 1.82) is 0 Å². The lowest BCUT2D eigenvalue weighted by molar-refractivity contribution is 0.103. The van der Waals surface area contributed by atoms with E-state index in [2.05, 4.69) is 0 Å². The molecule has 0 atom stereocenters. The minimum atomic E-state index is -0.838. The maximum absolute atomic E-state index is 13.9. The van der Waals surface area contributed by atoms with E-state index in [9.17, 15) is 13.6 Å². The van der Waals surface area contributed by atoms with Gasteiger partial charge in [0.25, 0.3) is 0 Å². The zero-order valence-electron chi connectivity index (χ0n) is 11.6. The molecule has 0 saturated heterocycles. The van der Waals surface area contributed by atoms with Crippen LogP contribution in [0.15, 0.2) is 36.4 Å². The minimum absolute atomic E-state index is 0.250. The van der Waals surface area contributed by atoms with E-state index in [1.807, 2.05) is 19.0 Å². The van der Waals surface area contributed by atoms with Crippen LogP contribution in [0.5, 0.6) is 0 Å². The maximum Gasteiger partial charge on any atom is 0.198 e. The van der Waals surface area contributed by atoms with Gasteiger partial charge in [-0.25, -0.2) is 8.78 Å². The van der Waals surface area contributed by atoms with Gasteiger partial charge in [-0.1, -0.05) is 6.07 Å². The molecule has 0 fully saturated rings. The van der Waals surface area contributed by atoms with Crippen LogP contribution in [0, 0.1) is 18.6 Å². The number of ketones is 1. The van der Waals surface area contributed by atoms with E-state index >= 15 is 0 Å². The van der Waals surface area contributed by atoms with Crippen LogP contribution in [0.1, 0.15) is 21.5 Å². The SMILES string of the molecule is Cc1ccc(F)c(C(=O)c2ccc(N(C)C)cc2)c1F. The summed E-state index contributed by atoms with van der Waals surface area (Å²) in [6.45, 7) is 1.50. The van der Waals surface area contributed by atoms with Gasteiger partial charge in [-0.2, -0.15) is 0 Å². The zero-order valence-corrected chi connectivity index (χ0v) is 11.6. The Morgan fingerprint density at radius 2 is 1.60 bits per heavy atom. The Hall–Kier alpha value is -2.23. The molecule has 2 aromatic carbocycles. The first-order valence-electron chi connectivity index (χ1n) is 6.18. The standard InChI is InChI=1S/C16H15F2NO/c1-10-4-9-13(17)14(15(10)18)16(20)11-5-7-12(8-6-11)19(2)3/h4-9H,1-3H3. The largest absolute Gasteiger partial charge is 0.378 e. The van der Waals surface area contributed by atoms with Crippen molar-refractivity contribution in [3.63, 3.8) is 0 Å². The van der Waals surface area contributed by atoms with Gasteiger partial charge in [0.1, 0.15) is 11.6 Å². The first-order valence-corrected chi connectivity index (χ1v) is 6.18. The zero-order chi connectivity index (χ0) is 14.9. The fraction of sp³-hybridized carbons (Fsp3) is 0.188. The van der Waals surface area contributed by atoms with Gasteiger partial charge in [0.15, 0.2) is 5.78 Å². The number of carbonyl (C=O) groups excluding carboxylic acids is 1. The Labute approximate surface area is 116 Å². The number of hydrogen-bond acceptors (Lipinski definition) is 2. The van der Waals surface area contributed by atoms with Crippen molar-refractivity contribution < 1.29 is 13.6 Å². The van der Waals surface area contributed by atoms with Gasteiger partial charge in [-0.3, -0.25) is 4.79 Å². The van der Waals surface area contributed by atoms with Crippen molar-refractivity contribution in [2.45, 2.75) is 6.92 Å². The molecule has 0 aliphatic heterocycles. The Morgan fingerprint density at radius 1 is 1.00 bits per heavy atom. The number of hydrogen-bond donors (Lipinski definition) is 0. The van der Waals surface area contributed by atoms with Gasteiger partial charge in [0, 0.05) is 25.3 Å². The van der Waals surface area contributed by atoms with Crippen LogP contribution in [0.25, 0.3) is 0 Å². The Kier molecular flexibility index (Phi) is 3.84. The van der Waals surface area contributed by atoms with E-state index in [0.717, 1.165) is 11.8 Å². The number of carbonyl (C=O) groups is 1. The van der Waals surface area contributed by atoms with Gasteiger partial charge < -0.3 is 4.90 Å². The Balaban J connectivity index is 2.44. The highest BCUT2D eigenvalue weighted by Gasteiger charge is 2.20. The van der Waals surface area contributed by atoms with Crippen LogP contribution in [-0.2, 0) is 0 Å². The second kappa shape index (κ2) is 5.41. The molecule has 0 bridgehead atoms. The van der Waals surface area contributed by atoms with E-state index in [4.69, 9.17) is 0 Å². The van der Waals surface area contributed by atoms with Crippen molar-refractivity contribution >= 4 is 11.5 Å². The van der Waals surface area contributed by atoms with Crippen molar-refractivity contribution in [1.82, 2.24) is 0 Å². The van der Waals surface area contributed by atoms with Gasteiger partial charge in [0.2, 0.25) is 0 Å². The molecule has 0 heterocycles. The van der Waals surface area contributed by atoms with E-state index in [1.54, 1.807) is 24.3 Å². The molecule has 0 amide bonds. The summed E-state index contributed by atoms with van der Waals surface area (Å²) >= 11 is 0. The van der Waals surface area contributed by atoms with Gasteiger partial charge in [-0.05, 0) is 42.8 Å². The predicted octanol–water partition coefficient (Wildman–Crippen LogP) is 3.57. The number of anilines is 1. The summed E-state index contributed by atoms with van der Waals surface area (Å²) in [7, 11) is 3.74. The fourth-order valence-electron chi connectivity index (χ4n) is 1.92. The number of benzene rings is 2. The Bertz CT molecular complexity index is 648. The van der Waals surface area contributed by atoms with Crippen molar-refractivity contribution in [2.75, 3.05) is 19.0 Å². The molecular weight excluding hydrogens is 260 g/mol. The first kappa shape index (κ1) is 14.2. The quantitative estimate of drug-likeness (QED) is 0.798. The summed E-state index contributed by atoms with van der Waals surface area (Å²) in [5.41, 5.74) is 0.924. The van der Waals surface area contributed by atoms with E-state index in [0.29, 0.717) is 0 Å². The summed E-state index contributed by atoms with van der Waals surface area (Å²) in [5.74, 6) is -2.28. The first-order chi connectivity index (χ1) is 9.41. The molecule has 2 nitrogen and oxygen atoms in total. The molecule has 4 heteroatoms. The third kappa shape index (κ3) is 2.54. The highest BCUT2D eigenvalue weighted by molar-refractivity contribution is 6.09. The molecule has 0 spiro atoms. The smallest absolute Gasteiger partial charge is 0.198 e. The van der Waals surface area contributed by atoms with Crippen LogP contribution in [0.2, 0.25) is 0 Å². The van der Waals surface area contributed by atoms with Crippen LogP contribution >= 0.6 is 0 Å².